The zero-order chi connectivity index (χ0) is 12.4. The molecule has 2 rings (SSSR count). The van der Waals surface area contributed by atoms with Crippen molar-refractivity contribution in [1.82, 2.24) is 9.55 Å². The average molecular weight is 242 g/mol. The van der Waals surface area contributed by atoms with Gasteiger partial charge in [0.2, 0.25) is 0 Å². The van der Waals surface area contributed by atoms with Gasteiger partial charge in [0.15, 0.2) is 6.23 Å². The Kier molecular flexibility index (Phi) is 3.32. The smallest absolute Gasteiger partial charge is 0.349 e. The number of aliphatic hydroxyl groups is 2. The number of rotatable bonds is 2. The van der Waals surface area contributed by atoms with E-state index in [0.717, 1.165) is 4.57 Å². The first kappa shape index (κ1) is 11.9. The summed E-state index contributed by atoms with van der Waals surface area (Å²) in [5.74, 6) is 0. The van der Waals surface area contributed by atoms with E-state index in [0.29, 0.717) is 0 Å². The Hall–Kier alpha value is -1.57. The molecule has 2 N–H and O–H groups in total. The van der Waals surface area contributed by atoms with Crippen molar-refractivity contribution in [3.8, 4) is 0 Å². The van der Waals surface area contributed by atoms with E-state index in [4.69, 9.17) is 9.84 Å². The third-order valence-corrected chi connectivity index (χ3v) is 2.58. The van der Waals surface area contributed by atoms with E-state index in [9.17, 15) is 14.3 Å². The lowest BCUT2D eigenvalue weighted by Gasteiger charge is -2.13. The summed E-state index contributed by atoms with van der Waals surface area (Å²) in [5.41, 5.74) is -0.734. The summed E-state index contributed by atoms with van der Waals surface area (Å²) in [4.78, 5) is 14.9. The lowest BCUT2D eigenvalue weighted by Crippen LogP contribution is -2.27. The second-order valence-corrected chi connectivity index (χ2v) is 3.57. The van der Waals surface area contributed by atoms with Crippen molar-refractivity contribution in [3.63, 3.8) is 0 Å². The van der Waals surface area contributed by atoms with Crippen LogP contribution in [0.3, 0.4) is 0 Å². The van der Waals surface area contributed by atoms with Crippen LogP contribution in [0, 0.1) is 0 Å². The molecule has 2 heterocycles. The highest BCUT2D eigenvalue weighted by Crippen LogP contribution is 2.33. The van der Waals surface area contributed by atoms with Crippen LogP contribution >= 0.6 is 0 Å². The average Bonchev–Trinajstić information content (AvgIpc) is 2.66. The molecule has 0 amide bonds. The van der Waals surface area contributed by atoms with Crippen LogP contribution < -0.4 is 5.69 Å². The van der Waals surface area contributed by atoms with E-state index in [-0.39, 0.29) is 11.9 Å². The molecule has 0 bridgehead atoms. The molecule has 7 heteroatoms. The molecular formula is C10H11FN2O4. The number of aliphatic hydroxyl groups excluding tert-OH is 2. The summed E-state index contributed by atoms with van der Waals surface area (Å²) in [5, 5.41) is 18.6. The molecule has 0 radical (unpaired) electrons. The molecule has 3 atom stereocenters. The van der Waals surface area contributed by atoms with Crippen molar-refractivity contribution in [2.75, 3.05) is 6.61 Å². The minimum Gasteiger partial charge on any atom is -0.394 e. The van der Waals surface area contributed by atoms with E-state index < -0.39 is 30.7 Å². The molecule has 0 aromatic carbocycles. The molecule has 1 aliphatic rings. The monoisotopic (exact) mass is 242 g/mol. The van der Waals surface area contributed by atoms with Gasteiger partial charge in [0.25, 0.3) is 0 Å². The standard InChI is InChI=1S/C10H11FN2O4/c11-4-6-8(15)7(5-14)17-9(6)13-3-1-2-12-10(13)16/h1-4,7-9,14-15H,5H2/b6-4-/t7-,8+,9-/m1/s1. The van der Waals surface area contributed by atoms with Crippen LogP contribution in [0.4, 0.5) is 4.39 Å². The zero-order valence-corrected chi connectivity index (χ0v) is 8.73. The van der Waals surface area contributed by atoms with Gasteiger partial charge in [-0.1, -0.05) is 0 Å². The van der Waals surface area contributed by atoms with Crippen molar-refractivity contribution in [2.24, 2.45) is 0 Å². The largest absolute Gasteiger partial charge is 0.394 e. The first-order valence-corrected chi connectivity index (χ1v) is 4.96. The Morgan fingerprint density at radius 1 is 1.65 bits per heavy atom. The van der Waals surface area contributed by atoms with Crippen LogP contribution in [0.1, 0.15) is 6.23 Å². The fraction of sp³-hybridized carbons (Fsp3) is 0.400. The Morgan fingerprint density at radius 3 is 3.00 bits per heavy atom. The van der Waals surface area contributed by atoms with E-state index in [1.165, 1.54) is 18.5 Å². The number of ether oxygens (including phenoxy) is 1. The fourth-order valence-electron chi connectivity index (χ4n) is 1.71. The van der Waals surface area contributed by atoms with Crippen molar-refractivity contribution >= 4 is 0 Å². The van der Waals surface area contributed by atoms with Gasteiger partial charge in [-0.25, -0.2) is 14.2 Å². The third kappa shape index (κ3) is 1.99. The van der Waals surface area contributed by atoms with Crippen LogP contribution in [0.2, 0.25) is 0 Å². The van der Waals surface area contributed by atoms with Crippen molar-refractivity contribution in [3.05, 3.63) is 40.8 Å². The maximum atomic E-state index is 12.7. The van der Waals surface area contributed by atoms with E-state index in [1.807, 2.05) is 0 Å². The van der Waals surface area contributed by atoms with Gasteiger partial charge in [0.1, 0.15) is 12.2 Å². The van der Waals surface area contributed by atoms with Gasteiger partial charge in [0.05, 0.1) is 12.9 Å². The molecule has 0 aliphatic carbocycles. The number of hydrogen-bond donors (Lipinski definition) is 2. The molecule has 0 spiro atoms. The van der Waals surface area contributed by atoms with E-state index >= 15 is 0 Å². The molecule has 1 aromatic heterocycles. The molecule has 1 aliphatic heterocycles. The first-order valence-electron chi connectivity index (χ1n) is 4.96. The van der Waals surface area contributed by atoms with Crippen LogP contribution in [-0.4, -0.2) is 38.6 Å². The van der Waals surface area contributed by atoms with Gasteiger partial charge in [-0.05, 0) is 6.07 Å². The third-order valence-electron chi connectivity index (χ3n) is 2.58. The van der Waals surface area contributed by atoms with Gasteiger partial charge in [-0.2, -0.15) is 0 Å². The minimum atomic E-state index is -1.28. The summed E-state index contributed by atoms with van der Waals surface area (Å²) in [6, 6.07) is 1.49. The number of halogens is 1. The van der Waals surface area contributed by atoms with Crippen molar-refractivity contribution < 1.29 is 19.3 Å². The van der Waals surface area contributed by atoms with Crippen LogP contribution in [0.5, 0.6) is 0 Å². The Morgan fingerprint density at radius 2 is 2.41 bits per heavy atom. The lowest BCUT2D eigenvalue weighted by molar-refractivity contribution is -0.0447. The highest BCUT2D eigenvalue weighted by Gasteiger charge is 2.40. The second-order valence-electron chi connectivity index (χ2n) is 3.57. The summed E-state index contributed by atoms with van der Waals surface area (Å²) in [6.45, 7) is -0.468. The van der Waals surface area contributed by atoms with Gasteiger partial charge >= 0.3 is 5.69 Å². The zero-order valence-electron chi connectivity index (χ0n) is 8.73. The predicted octanol–water partition coefficient (Wildman–Crippen LogP) is -0.653. The van der Waals surface area contributed by atoms with Gasteiger partial charge in [-0.3, -0.25) is 4.57 Å². The highest BCUT2D eigenvalue weighted by molar-refractivity contribution is 5.16. The maximum absolute atomic E-state index is 12.7. The molecule has 1 saturated heterocycles. The molecule has 6 nitrogen and oxygen atoms in total. The normalized spacial score (nSPS) is 31.0. The molecule has 0 saturated carbocycles. The summed E-state index contributed by atoms with van der Waals surface area (Å²) < 4.78 is 19.0. The van der Waals surface area contributed by atoms with Crippen molar-refractivity contribution in [2.45, 2.75) is 18.4 Å². The predicted molar refractivity (Wildman–Crippen MR) is 54.7 cm³/mol. The molecule has 1 aromatic rings. The van der Waals surface area contributed by atoms with Crippen LogP contribution in [-0.2, 0) is 4.74 Å². The summed E-state index contributed by atoms with van der Waals surface area (Å²) in [6.07, 6.45) is -0.447. The van der Waals surface area contributed by atoms with Crippen molar-refractivity contribution in [1.29, 1.82) is 0 Å². The second kappa shape index (κ2) is 4.74. The number of aromatic nitrogens is 2. The Labute approximate surface area is 95.6 Å². The molecule has 0 unspecified atom stereocenters. The first-order chi connectivity index (χ1) is 8.19. The van der Waals surface area contributed by atoms with Gasteiger partial charge in [-0.15, -0.1) is 0 Å². The van der Waals surface area contributed by atoms with Gasteiger partial charge < -0.3 is 14.9 Å². The van der Waals surface area contributed by atoms with Gasteiger partial charge in [0, 0.05) is 18.0 Å². The molecule has 17 heavy (non-hydrogen) atoms. The Bertz CT molecular complexity index is 487. The number of hydrogen-bond acceptors (Lipinski definition) is 5. The fourth-order valence-corrected chi connectivity index (χ4v) is 1.71. The van der Waals surface area contributed by atoms with E-state index in [1.54, 1.807) is 0 Å². The molecule has 92 valence electrons. The summed E-state index contributed by atoms with van der Waals surface area (Å²) >= 11 is 0. The highest BCUT2D eigenvalue weighted by atomic mass is 19.1. The lowest BCUT2D eigenvalue weighted by atomic mass is 10.1. The number of nitrogens with zero attached hydrogens (tertiary/aromatic N) is 2. The maximum Gasteiger partial charge on any atom is 0.349 e. The van der Waals surface area contributed by atoms with Crippen LogP contribution in [0.25, 0.3) is 0 Å². The minimum absolute atomic E-state index is 0.112. The molecular weight excluding hydrogens is 231 g/mol. The summed E-state index contributed by atoms with van der Waals surface area (Å²) in [7, 11) is 0. The SMILES string of the molecule is O=c1ncccn1[C@@H]1O[C@H](CO)[C@@H](O)/C1=C/F. The quantitative estimate of drug-likeness (QED) is 0.719. The molecule has 1 fully saturated rings. The topological polar surface area (TPSA) is 84.6 Å². The van der Waals surface area contributed by atoms with E-state index in [2.05, 4.69) is 4.98 Å². The van der Waals surface area contributed by atoms with Crippen LogP contribution in [0.15, 0.2) is 35.2 Å². The Balaban J connectivity index is 2.40.